The van der Waals surface area contributed by atoms with E-state index in [0.29, 0.717) is 10.8 Å². The van der Waals surface area contributed by atoms with Gasteiger partial charge in [0.1, 0.15) is 0 Å². The van der Waals surface area contributed by atoms with Crippen molar-refractivity contribution in [1.82, 2.24) is 0 Å². The van der Waals surface area contributed by atoms with E-state index in [0.717, 1.165) is 0 Å². The molecule has 210 valence electrons. The summed E-state index contributed by atoms with van der Waals surface area (Å²) in [6.45, 7) is 20.4. The highest BCUT2D eigenvalue weighted by molar-refractivity contribution is 5.38. The molecule has 39 heavy (non-hydrogen) atoms. The summed E-state index contributed by atoms with van der Waals surface area (Å²) in [7, 11) is 0. The van der Waals surface area contributed by atoms with Crippen molar-refractivity contribution in [2.24, 2.45) is 10.8 Å². The van der Waals surface area contributed by atoms with Gasteiger partial charge in [0, 0.05) is 0 Å². The molecule has 0 amide bonds. The third kappa shape index (κ3) is 11.8. The fourth-order valence-electron chi connectivity index (χ4n) is 5.30. The van der Waals surface area contributed by atoms with Gasteiger partial charge in [0.15, 0.2) is 0 Å². The molecular formula is C39H54. The Kier molecular flexibility index (Phi) is 13.0. The molecule has 2 aliphatic rings. The number of allylic oxidation sites excluding steroid dienone is 22. The van der Waals surface area contributed by atoms with Crippen molar-refractivity contribution < 1.29 is 0 Å². The topological polar surface area (TPSA) is 0 Å². The number of rotatable bonds is 10. The Morgan fingerprint density at radius 3 is 1.64 bits per heavy atom. The van der Waals surface area contributed by atoms with Crippen LogP contribution in [0, 0.1) is 10.8 Å². The molecule has 2 rings (SSSR count). The van der Waals surface area contributed by atoms with Crippen molar-refractivity contribution in [2.75, 3.05) is 0 Å². The minimum atomic E-state index is 0.292. The second kappa shape index (κ2) is 15.7. The minimum Gasteiger partial charge on any atom is -0.0808 e. The molecule has 0 fully saturated rings. The lowest BCUT2D eigenvalue weighted by molar-refractivity contribution is 0.377. The first-order valence-corrected chi connectivity index (χ1v) is 14.9. The zero-order chi connectivity index (χ0) is 28.9. The molecule has 2 aliphatic carbocycles. The van der Waals surface area contributed by atoms with Gasteiger partial charge in [-0.15, -0.1) is 0 Å². The fraction of sp³-hybridized carbons (Fsp3) is 0.436. The Morgan fingerprint density at radius 1 is 0.615 bits per heavy atom. The normalized spacial score (nSPS) is 21.9. The third-order valence-corrected chi connectivity index (χ3v) is 8.00. The fourth-order valence-corrected chi connectivity index (χ4v) is 5.30. The highest BCUT2D eigenvalue weighted by Crippen LogP contribution is 2.41. The molecule has 0 heteroatoms. The smallest absolute Gasteiger partial charge is 0.0104 e. The van der Waals surface area contributed by atoms with Crippen LogP contribution in [0.4, 0.5) is 0 Å². The minimum absolute atomic E-state index is 0.292. The van der Waals surface area contributed by atoms with Crippen molar-refractivity contribution in [3.8, 4) is 0 Å². The van der Waals surface area contributed by atoms with E-state index in [1.165, 1.54) is 72.0 Å². The SMILES string of the molecule is CC(C=CC=C(C)C=CC1=CCCCC1(C)C)=CC=CC=C(C)C=CC=C(C)C=CC1=C(C)CCCC1(C)C. The average molecular weight is 523 g/mol. The van der Waals surface area contributed by atoms with Gasteiger partial charge in [0.25, 0.3) is 0 Å². The summed E-state index contributed by atoms with van der Waals surface area (Å²) >= 11 is 0. The molecule has 0 unspecified atom stereocenters. The molecule has 0 saturated heterocycles. The van der Waals surface area contributed by atoms with Crippen LogP contribution in [0.25, 0.3) is 0 Å². The monoisotopic (exact) mass is 522 g/mol. The Labute approximate surface area is 241 Å². The van der Waals surface area contributed by atoms with Crippen LogP contribution in [0.2, 0.25) is 0 Å². The predicted octanol–water partition coefficient (Wildman–Crippen LogP) is 12.2. The van der Waals surface area contributed by atoms with Crippen LogP contribution in [-0.4, -0.2) is 0 Å². The quantitative estimate of drug-likeness (QED) is 0.250. The highest BCUT2D eigenvalue weighted by atomic mass is 14.3. The summed E-state index contributed by atoms with van der Waals surface area (Å²) in [5.41, 5.74) is 10.1. The van der Waals surface area contributed by atoms with E-state index in [-0.39, 0.29) is 0 Å². The van der Waals surface area contributed by atoms with Crippen LogP contribution in [0.3, 0.4) is 0 Å². The molecule has 0 bridgehead atoms. The predicted molar refractivity (Wildman–Crippen MR) is 177 cm³/mol. The summed E-state index contributed by atoms with van der Waals surface area (Å²) in [4.78, 5) is 0. The van der Waals surface area contributed by atoms with Gasteiger partial charge in [0.2, 0.25) is 0 Å². The second-order valence-corrected chi connectivity index (χ2v) is 12.8. The summed E-state index contributed by atoms with van der Waals surface area (Å²) in [6, 6.07) is 0. The molecule has 0 saturated carbocycles. The molecule has 0 aliphatic heterocycles. The van der Waals surface area contributed by atoms with E-state index >= 15 is 0 Å². The Hall–Kier alpha value is -2.86. The van der Waals surface area contributed by atoms with Crippen molar-refractivity contribution in [3.63, 3.8) is 0 Å². The van der Waals surface area contributed by atoms with Gasteiger partial charge in [0.05, 0.1) is 0 Å². The molecule has 0 radical (unpaired) electrons. The lowest BCUT2D eigenvalue weighted by atomic mass is 9.72. The van der Waals surface area contributed by atoms with E-state index < -0.39 is 0 Å². The van der Waals surface area contributed by atoms with Gasteiger partial charge in [-0.3, -0.25) is 0 Å². The lowest BCUT2D eigenvalue weighted by Gasteiger charge is -2.32. The van der Waals surface area contributed by atoms with E-state index in [1.807, 2.05) is 0 Å². The van der Waals surface area contributed by atoms with Gasteiger partial charge in [-0.2, -0.15) is 0 Å². The van der Waals surface area contributed by atoms with Crippen LogP contribution in [-0.2, 0) is 0 Å². The van der Waals surface area contributed by atoms with E-state index in [4.69, 9.17) is 0 Å². The molecule has 0 N–H and O–H groups in total. The van der Waals surface area contributed by atoms with Gasteiger partial charge in [-0.1, -0.05) is 147 Å². The first kappa shape index (κ1) is 32.4. The van der Waals surface area contributed by atoms with Gasteiger partial charge in [-0.05, 0) is 95.1 Å². The van der Waals surface area contributed by atoms with Crippen molar-refractivity contribution in [2.45, 2.75) is 101 Å². The highest BCUT2D eigenvalue weighted by Gasteiger charge is 2.26. The summed E-state index contributed by atoms with van der Waals surface area (Å²) in [5, 5.41) is 0. The van der Waals surface area contributed by atoms with Gasteiger partial charge in [-0.25, -0.2) is 0 Å². The molecule has 0 aromatic carbocycles. The van der Waals surface area contributed by atoms with E-state index in [9.17, 15) is 0 Å². The molecule has 0 nitrogen and oxygen atoms in total. The van der Waals surface area contributed by atoms with Gasteiger partial charge >= 0.3 is 0 Å². The van der Waals surface area contributed by atoms with Crippen LogP contribution in [0.5, 0.6) is 0 Å². The summed E-state index contributed by atoms with van der Waals surface area (Å²) in [5.74, 6) is 0. The molecule has 0 aromatic heterocycles. The van der Waals surface area contributed by atoms with Crippen LogP contribution >= 0.6 is 0 Å². The van der Waals surface area contributed by atoms with Crippen molar-refractivity contribution >= 4 is 0 Å². The van der Waals surface area contributed by atoms with Gasteiger partial charge < -0.3 is 0 Å². The first-order chi connectivity index (χ1) is 18.4. The Bertz CT molecular complexity index is 1170. The van der Waals surface area contributed by atoms with E-state index in [1.54, 1.807) is 5.57 Å². The van der Waals surface area contributed by atoms with Crippen LogP contribution < -0.4 is 0 Å². The zero-order valence-corrected chi connectivity index (χ0v) is 26.4. The van der Waals surface area contributed by atoms with Crippen molar-refractivity contribution in [3.05, 3.63) is 130 Å². The van der Waals surface area contributed by atoms with Crippen LogP contribution in [0.1, 0.15) is 101 Å². The zero-order valence-electron chi connectivity index (χ0n) is 26.4. The average Bonchev–Trinajstić information content (AvgIpc) is 2.85. The third-order valence-electron chi connectivity index (χ3n) is 8.00. The maximum absolute atomic E-state index is 2.40. The standard InChI is InChI=1S/C39H54/c1-31(19-14-21-33(3)25-27-36-24-12-13-29-38(36,6)7)17-10-11-18-32(2)20-15-22-34(4)26-28-37-35(5)23-16-30-39(37,8)9/h10-11,14-15,17-22,24-28H,12-13,16,23,29-30H2,1-9H3. The summed E-state index contributed by atoms with van der Waals surface area (Å²) in [6.07, 6.45) is 40.7. The Balaban J connectivity index is 1.86. The van der Waals surface area contributed by atoms with Crippen LogP contribution in [0.15, 0.2) is 130 Å². The first-order valence-electron chi connectivity index (χ1n) is 14.9. The van der Waals surface area contributed by atoms with Crippen molar-refractivity contribution in [1.29, 1.82) is 0 Å². The molecule has 0 heterocycles. The summed E-state index contributed by atoms with van der Waals surface area (Å²) < 4.78 is 0. The maximum atomic E-state index is 2.40. The lowest BCUT2D eigenvalue weighted by Crippen LogP contribution is -2.19. The number of hydrogen-bond donors (Lipinski definition) is 0. The molecule has 0 spiro atoms. The molecular weight excluding hydrogens is 468 g/mol. The number of hydrogen-bond acceptors (Lipinski definition) is 0. The van der Waals surface area contributed by atoms with E-state index in [2.05, 4.69) is 153 Å². The largest absolute Gasteiger partial charge is 0.0808 e. The second-order valence-electron chi connectivity index (χ2n) is 12.8. The molecule has 0 aromatic rings. The Morgan fingerprint density at radius 2 is 1.10 bits per heavy atom. The maximum Gasteiger partial charge on any atom is -0.0104 e. The molecule has 0 atom stereocenters.